The molecular weight excluding hydrogens is 249 g/mol. The van der Waals surface area contributed by atoms with E-state index < -0.39 is 11.7 Å². The van der Waals surface area contributed by atoms with Crippen molar-refractivity contribution in [2.75, 3.05) is 11.9 Å². The number of anilines is 1. The summed E-state index contributed by atoms with van der Waals surface area (Å²) in [5.41, 5.74) is 0.803. The van der Waals surface area contributed by atoms with Crippen LogP contribution in [0.5, 0.6) is 0 Å². The lowest BCUT2D eigenvalue weighted by atomic mass is 10.1. The van der Waals surface area contributed by atoms with Gasteiger partial charge in [0.2, 0.25) is 0 Å². The molecule has 2 aromatic rings. The molecule has 0 unspecified atom stereocenters. The van der Waals surface area contributed by atoms with Gasteiger partial charge in [0.15, 0.2) is 0 Å². The van der Waals surface area contributed by atoms with Crippen molar-refractivity contribution in [3.05, 3.63) is 47.5 Å². The first kappa shape index (κ1) is 12.8. The van der Waals surface area contributed by atoms with Gasteiger partial charge in [-0.1, -0.05) is 11.8 Å². The van der Waals surface area contributed by atoms with Crippen LogP contribution in [-0.4, -0.2) is 27.8 Å². The van der Waals surface area contributed by atoms with E-state index in [9.17, 15) is 9.18 Å². The summed E-state index contributed by atoms with van der Waals surface area (Å²) in [6.07, 6.45) is 2.95. The van der Waals surface area contributed by atoms with Gasteiger partial charge in [-0.25, -0.2) is 4.39 Å². The number of aliphatic hydroxyl groups is 1. The molecule has 0 aliphatic rings. The summed E-state index contributed by atoms with van der Waals surface area (Å²) in [6, 6.07) is 3.94. The van der Waals surface area contributed by atoms with Crippen LogP contribution in [0, 0.1) is 17.7 Å². The number of aliphatic hydroxyl groups excluding tert-OH is 1. The Kier molecular flexibility index (Phi) is 3.90. The minimum Gasteiger partial charge on any atom is -0.384 e. The molecule has 3 N–H and O–H groups in total. The highest BCUT2D eigenvalue weighted by molar-refractivity contribution is 6.04. The lowest BCUT2D eigenvalue weighted by molar-refractivity contribution is 0.102. The number of amides is 1. The van der Waals surface area contributed by atoms with Gasteiger partial charge in [0.1, 0.15) is 12.4 Å². The monoisotopic (exact) mass is 259 g/mol. The number of benzene rings is 1. The third-order valence-electron chi connectivity index (χ3n) is 2.29. The summed E-state index contributed by atoms with van der Waals surface area (Å²) >= 11 is 0. The van der Waals surface area contributed by atoms with Gasteiger partial charge in [0.25, 0.3) is 5.91 Å². The SMILES string of the molecule is O=C(Nc1cn[nH]c1)c1ccc(C#CCO)c(F)c1. The molecule has 1 amide bonds. The molecule has 2 rings (SSSR count). The van der Waals surface area contributed by atoms with Crippen molar-refractivity contribution in [3.63, 3.8) is 0 Å². The lowest BCUT2D eigenvalue weighted by Crippen LogP contribution is -2.11. The van der Waals surface area contributed by atoms with Gasteiger partial charge in [-0.2, -0.15) is 5.10 Å². The molecule has 0 saturated carbocycles. The average Bonchev–Trinajstić information content (AvgIpc) is 2.90. The van der Waals surface area contributed by atoms with Gasteiger partial charge in [0.05, 0.1) is 17.4 Å². The van der Waals surface area contributed by atoms with Gasteiger partial charge in [-0.3, -0.25) is 9.89 Å². The molecular formula is C13H10FN3O2. The maximum absolute atomic E-state index is 13.6. The first-order valence-electron chi connectivity index (χ1n) is 5.40. The fraction of sp³-hybridized carbons (Fsp3) is 0.0769. The predicted octanol–water partition coefficient (Wildman–Crippen LogP) is 1.14. The van der Waals surface area contributed by atoms with Crippen molar-refractivity contribution < 1.29 is 14.3 Å². The highest BCUT2D eigenvalue weighted by Crippen LogP contribution is 2.11. The van der Waals surface area contributed by atoms with E-state index in [2.05, 4.69) is 27.4 Å². The van der Waals surface area contributed by atoms with Gasteiger partial charge in [-0.05, 0) is 18.2 Å². The second-order valence-electron chi connectivity index (χ2n) is 3.60. The molecule has 1 heterocycles. The first-order chi connectivity index (χ1) is 9.20. The Bertz CT molecular complexity index is 642. The summed E-state index contributed by atoms with van der Waals surface area (Å²) in [7, 11) is 0. The minimum atomic E-state index is -0.610. The van der Waals surface area contributed by atoms with Crippen molar-refractivity contribution in [1.29, 1.82) is 0 Å². The Morgan fingerprint density at radius 2 is 2.37 bits per heavy atom. The van der Waals surface area contributed by atoms with Crippen LogP contribution in [0.1, 0.15) is 15.9 Å². The van der Waals surface area contributed by atoms with Gasteiger partial charge < -0.3 is 10.4 Å². The molecule has 1 aromatic carbocycles. The Hall–Kier alpha value is -2.65. The van der Waals surface area contributed by atoms with Crippen LogP contribution in [0.15, 0.2) is 30.6 Å². The van der Waals surface area contributed by atoms with E-state index in [0.29, 0.717) is 5.69 Å². The van der Waals surface area contributed by atoms with Crippen LogP contribution in [-0.2, 0) is 0 Å². The molecule has 0 saturated heterocycles. The normalized spacial score (nSPS) is 9.58. The van der Waals surface area contributed by atoms with Gasteiger partial charge in [0, 0.05) is 11.8 Å². The standard InChI is InChI=1S/C13H10FN3O2/c14-12-6-10(4-3-9(12)2-1-5-18)13(19)17-11-7-15-16-8-11/h3-4,6-8,18H,5H2,(H,15,16)(H,17,19). The lowest BCUT2D eigenvalue weighted by Gasteiger charge is -2.03. The van der Waals surface area contributed by atoms with Crippen molar-refractivity contribution in [1.82, 2.24) is 10.2 Å². The van der Waals surface area contributed by atoms with E-state index >= 15 is 0 Å². The molecule has 1 aromatic heterocycles. The Morgan fingerprint density at radius 3 is 3.00 bits per heavy atom. The van der Waals surface area contributed by atoms with E-state index in [1.807, 2.05) is 0 Å². The number of H-pyrrole nitrogens is 1. The second kappa shape index (κ2) is 5.80. The van der Waals surface area contributed by atoms with E-state index in [1.54, 1.807) is 0 Å². The molecule has 0 bridgehead atoms. The topological polar surface area (TPSA) is 78.0 Å². The summed E-state index contributed by atoms with van der Waals surface area (Å²) in [4.78, 5) is 11.8. The first-order valence-corrected chi connectivity index (χ1v) is 5.40. The molecule has 0 atom stereocenters. The zero-order valence-electron chi connectivity index (χ0n) is 9.77. The molecule has 19 heavy (non-hydrogen) atoms. The summed E-state index contributed by atoms with van der Waals surface area (Å²) in [6.45, 7) is -0.345. The number of carbonyl (C=O) groups is 1. The molecule has 5 nitrogen and oxygen atoms in total. The summed E-state index contributed by atoms with van der Waals surface area (Å²) in [5, 5.41) is 17.3. The van der Waals surface area contributed by atoms with E-state index in [1.165, 1.54) is 24.5 Å². The molecule has 0 aliphatic heterocycles. The number of hydrogen-bond donors (Lipinski definition) is 3. The number of nitrogens with zero attached hydrogens (tertiary/aromatic N) is 1. The average molecular weight is 259 g/mol. The Morgan fingerprint density at radius 1 is 1.53 bits per heavy atom. The molecule has 0 spiro atoms. The Labute approximate surface area is 108 Å². The number of aromatic amines is 1. The van der Waals surface area contributed by atoms with Crippen LogP contribution in [0.25, 0.3) is 0 Å². The van der Waals surface area contributed by atoms with Crippen LogP contribution in [0.2, 0.25) is 0 Å². The second-order valence-corrected chi connectivity index (χ2v) is 3.60. The fourth-order valence-corrected chi connectivity index (χ4v) is 1.41. The quantitative estimate of drug-likeness (QED) is 0.708. The maximum Gasteiger partial charge on any atom is 0.255 e. The minimum absolute atomic E-state index is 0.133. The van der Waals surface area contributed by atoms with Crippen LogP contribution >= 0.6 is 0 Å². The molecule has 6 heteroatoms. The third kappa shape index (κ3) is 3.18. The number of hydrogen-bond acceptors (Lipinski definition) is 3. The van der Waals surface area contributed by atoms with E-state index in [0.717, 1.165) is 6.07 Å². The van der Waals surface area contributed by atoms with Gasteiger partial charge in [-0.15, -0.1) is 0 Å². The number of aromatic nitrogens is 2. The highest BCUT2D eigenvalue weighted by atomic mass is 19.1. The van der Waals surface area contributed by atoms with Crippen LogP contribution in [0.4, 0.5) is 10.1 Å². The highest BCUT2D eigenvalue weighted by Gasteiger charge is 2.09. The number of rotatable bonds is 2. The predicted molar refractivity (Wildman–Crippen MR) is 66.9 cm³/mol. The van der Waals surface area contributed by atoms with E-state index in [4.69, 9.17) is 5.11 Å². The zero-order chi connectivity index (χ0) is 13.7. The third-order valence-corrected chi connectivity index (χ3v) is 2.29. The maximum atomic E-state index is 13.6. The zero-order valence-corrected chi connectivity index (χ0v) is 9.77. The molecule has 0 radical (unpaired) electrons. The van der Waals surface area contributed by atoms with Crippen molar-refractivity contribution in [3.8, 4) is 11.8 Å². The molecule has 0 aliphatic carbocycles. The Balaban J connectivity index is 2.17. The van der Waals surface area contributed by atoms with Crippen LogP contribution in [0.3, 0.4) is 0 Å². The van der Waals surface area contributed by atoms with Crippen molar-refractivity contribution >= 4 is 11.6 Å². The van der Waals surface area contributed by atoms with E-state index in [-0.39, 0.29) is 17.7 Å². The number of nitrogens with one attached hydrogen (secondary N) is 2. The fourth-order valence-electron chi connectivity index (χ4n) is 1.41. The van der Waals surface area contributed by atoms with Crippen LogP contribution < -0.4 is 5.32 Å². The van der Waals surface area contributed by atoms with Crippen molar-refractivity contribution in [2.24, 2.45) is 0 Å². The smallest absolute Gasteiger partial charge is 0.255 e. The number of halogens is 1. The largest absolute Gasteiger partial charge is 0.384 e. The summed E-state index contributed by atoms with van der Waals surface area (Å²) < 4.78 is 13.6. The van der Waals surface area contributed by atoms with Gasteiger partial charge >= 0.3 is 0 Å². The molecule has 0 fully saturated rings. The molecule has 96 valence electrons. The summed E-state index contributed by atoms with van der Waals surface area (Å²) in [5.74, 6) is 3.74. The van der Waals surface area contributed by atoms with Crippen molar-refractivity contribution in [2.45, 2.75) is 0 Å². The number of carbonyl (C=O) groups excluding carboxylic acids is 1.